The first-order valence-electron chi connectivity index (χ1n) is 10.5. The monoisotopic (exact) mass is 425 g/mol. The molecule has 0 aliphatic rings. The van der Waals surface area contributed by atoms with E-state index in [1.807, 2.05) is 49.4 Å². The van der Waals surface area contributed by atoms with Gasteiger partial charge in [0, 0.05) is 37.0 Å². The molecule has 4 rings (SSSR count). The van der Waals surface area contributed by atoms with Crippen LogP contribution >= 0.6 is 0 Å². The highest BCUT2D eigenvalue weighted by Gasteiger charge is 2.18. The molecule has 4 heteroatoms. The van der Waals surface area contributed by atoms with Gasteiger partial charge in [0.2, 0.25) is 0 Å². The Morgan fingerprint density at radius 3 is 2.44 bits per heavy atom. The third-order valence-corrected chi connectivity index (χ3v) is 5.78. The average molecular weight is 426 g/mol. The summed E-state index contributed by atoms with van der Waals surface area (Å²) in [5.41, 5.74) is 4.77. The number of aromatic nitrogens is 1. The molecular weight excluding hydrogens is 401 g/mol. The SMILES string of the molecule is C=CC(=O)Cc1cccc(Cc2ccc(C)cc2F)c1-c1cn(C)c(=O)c2ccccc12. The summed E-state index contributed by atoms with van der Waals surface area (Å²) in [5, 5.41) is 1.41. The fourth-order valence-electron chi connectivity index (χ4n) is 4.17. The van der Waals surface area contributed by atoms with Gasteiger partial charge in [-0.1, -0.05) is 55.1 Å². The van der Waals surface area contributed by atoms with Gasteiger partial charge in [-0.25, -0.2) is 4.39 Å². The van der Waals surface area contributed by atoms with Crippen molar-refractivity contribution in [3.63, 3.8) is 0 Å². The van der Waals surface area contributed by atoms with Gasteiger partial charge in [0.05, 0.1) is 0 Å². The van der Waals surface area contributed by atoms with E-state index in [-0.39, 0.29) is 23.6 Å². The molecule has 0 amide bonds. The van der Waals surface area contributed by atoms with Gasteiger partial charge in [-0.3, -0.25) is 9.59 Å². The second-order valence-corrected chi connectivity index (χ2v) is 8.07. The minimum Gasteiger partial charge on any atom is -0.317 e. The van der Waals surface area contributed by atoms with Gasteiger partial charge in [-0.15, -0.1) is 0 Å². The molecule has 0 bridgehead atoms. The molecule has 32 heavy (non-hydrogen) atoms. The van der Waals surface area contributed by atoms with E-state index in [4.69, 9.17) is 0 Å². The number of allylic oxidation sites excluding steroid dienone is 1. The van der Waals surface area contributed by atoms with Crippen molar-refractivity contribution in [3.8, 4) is 11.1 Å². The Bertz CT molecular complexity index is 1420. The topological polar surface area (TPSA) is 39.1 Å². The molecule has 1 aromatic heterocycles. The summed E-state index contributed by atoms with van der Waals surface area (Å²) in [6.45, 7) is 5.46. The van der Waals surface area contributed by atoms with Crippen LogP contribution in [0.25, 0.3) is 21.9 Å². The van der Waals surface area contributed by atoms with Gasteiger partial charge in [0.25, 0.3) is 5.56 Å². The fraction of sp³-hybridized carbons (Fsp3) is 0.143. The maximum atomic E-state index is 14.7. The van der Waals surface area contributed by atoms with Crippen molar-refractivity contribution >= 4 is 16.6 Å². The van der Waals surface area contributed by atoms with E-state index in [1.54, 1.807) is 29.9 Å². The van der Waals surface area contributed by atoms with E-state index in [1.165, 1.54) is 12.1 Å². The molecule has 4 aromatic rings. The van der Waals surface area contributed by atoms with Gasteiger partial charge < -0.3 is 4.57 Å². The Labute approximate surface area is 186 Å². The number of ketones is 1. The lowest BCUT2D eigenvalue weighted by molar-refractivity contribution is -0.114. The van der Waals surface area contributed by atoms with Crippen molar-refractivity contribution in [2.75, 3.05) is 0 Å². The number of hydrogen-bond acceptors (Lipinski definition) is 2. The predicted molar refractivity (Wildman–Crippen MR) is 127 cm³/mol. The number of pyridine rings is 1. The van der Waals surface area contributed by atoms with Crippen LogP contribution in [0, 0.1) is 12.7 Å². The van der Waals surface area contributed by atoms with Crippen LogP contribution in [0.2, 0.25) is 0 Å². The first-order valence-corrected chi connectivity index (χ1v) is 10.5. The summed E-state index contributed by atoms with van der Waals surface area (Å²) in [5.74, 6) is -0.354. The quantitative estimate of drug-likeness (QED) is 0.381. The molecule has 0 spiro atoms. The van der Waals surface area contributed by atoms with Crippen molar-refractivity contribution in [1.29, 1.82) is 0 Å². The van der Waals surface area contributed by atoms with Crippen molar-refractivity contribution < 1.29 is 9.18 Å². The number of nitrogens with zero attached hydrogens (tertiary/aromatic N) is 1. The number of carbonyl (C=O) groups is 1. The van der Waals surface area contributed by atoms with Crippen molar-refractivity contribution in [3.05, 3.63) is 118 Å². The lowest BCUT2D eigenvalue weighted by atomic mass is 9.87. The van der Waals surface area contributed by atoms with E-state index in [9.17, 15) is 14.0 Å². The molecule has 0 radical (unpaired) electrons. The van der Waals surface area contributed by atoms with Gasteiger partial charge in [0.15, 0.2) is 5.78 Å². The number of fused-ring (bicyclic) bond motifs is 1. The molecule has 0 aliphatic heterocycles. The van der Waals surface area contributed by atoms with E-state index in [2.05, 4.69) is 6.58 Å². The molecular formula is C28H24FNO2. The fourth-order valence-corrected chi connectivity index (χ4v) is 4.17. The summed E-state index contributed by atoms with van der Waals surface area (Å²) in [6.07, 6.45) is 3.67. The molecule has 0 fully saturated rings. The highest BCUT2D eigenvalue weighted by molar-refractivity contribution is 5.99. The summed E-state index contributed by atoms with van der Waals surface area (Å²) < 4.78 is 16.2. The lowest BCUT2D eigenvalue weighted by Gasteiger charge is -2.18. The van der Waals surface area contributed by atoms with Crippen molar-refractivity contribution in [1.82, 2.24) is 4.57 Å². The maximum absolute atomic E-state index is 14.7. The van der Waals surface area contributed by atoms with Crippen LogP contribution in [0.3, 0.4) is 0 Å². The predicted octanol–water partition coefficient (Wildman–Crippen LogP) is 5.54. The van der Waals surface area contributed by atoms with Gasteiger partial charge in [-0.2, -0.15) is 0 Å². The van der Waals surface area contributed by atoms with Gasteiger partial charge in [-0.05, 0) is 58.3 Å². The van der Waals surface area contributed by atoms with E-state index < -0.39 is 0 Å². The number of benzene rings is 3. The minimum atomic E-state index is -0.256. The summed E-state index contributed by atoms with van der Waals surface area (Å²) >= 11 is 0. The molecule has 0 unspecified atom stereocenters. The summed E-state index contributed by atoms with van der Waals surface area (Å²) in [6, 6.07) is 18.4. The molecule has 1 heterocycles. The number of rotatable bonds is 6. The molecule has 0 saturated carbocycles. The van der Waals surface area contributed by atoms with Gasteiger partial charge in [0.1, 0.15) is 5.82 Å². The summed E-state index contributed by atoms with van der Waals surface area (Å²) in [4.78, 5) is 25.0. The maximum Gasteiger partial charge on any atom is 0.258 e. The van der Waals surface area contributed by atoms with E-state index in [0.29, 0.717) is 17.4 Å². The smallest absolute Gasteiger partial charge is 0.258 e. The highest BCUT2D eigenvalue weighted by Crippen LogP contribution is 2.34. The molecule has 3 nitrogen and oxygen atoms in total. The van der Waals surface area contributed by atoms with Crippen LogP contribution in [-0.2, 0) is 24.7 Å². The Balaban J connectivity index is 2.00. The molecule has 3 aromatic carbocycles. The highest BCUT2D eigenvalue weighted by atomic mass is 19.1. The largest absolute Gasteiger partial charge is 0.317 e. The van der Waals surface area contributed by atoms with Crippen LogP contribution in [0.15, 0.2) is 84.3 Å². The third-order valence-electron chi connectivity index (χ3n) is 5.78. The van der Waals surface area contributed by atoms with Crippen LogP contribution in [-0.4, -0.2) is 10.4 Å². The van der Waals surface area contributed by atoms with E-state index in [0.717, 1.165) is 33.2 Å². The van der Waals surface area contributed by atoms with Crippen LogP contribution in [0.4, 0.5) is 4.39 Å². The molecule has 0 atom stereocenters. The van der Waals surface area contributed by atoms with E-state index >= 15 is 0 Å². The van der Waals surface area contributed by atoms with Gasteiger partial charge >= 0.3 is 0 Å². The second-order valence-electron chi connectivity index (χ2n) is 8.07. The zero-order valence-corrected chi connectivity index (χ0v) is 18.2. The normalized spacial score (nSPS) is 11.0. The summed E-state index contributed by atoms with van der Waals surface area (Å²) in [7, 11) is 1.72. The minimum absolute atomic E-state index is 0.0878. The number of halogens is 1. The average Bonchev–Trinajstić information content (AvgIpc) is 2.78. The number of aryl methyl sites for hydroxylation is 2. The third kappa shape index (κ3) is 4.04. The Morgan fingerprint density at radius 2 is 1.72 bits per heavy atom. The second kappa shape index (κ2) is 8.75. The van der Waals surface area contributed by atoms with Crippen molar-refractivity contribution in [2.24, 2.45) is 7.05 Å². The molecule has 0 saturated heterocycles. The molecule has 0 aliphatic carbocycles. The van der Waals surface area contributed by atoms with Crippen molar-refractivity contribution in [2.45, 2.75) is 19.8 Å². The molecule has 160 valence electrons. The zero-order valence-electron chi connectivity index (χ0n) is 18.2. The first kappa shape index (κ1) is 21.4. The molecule has 0 N–H and O–H groups in total. The number of hydrogen-bond donors (Lipinski definition) is 0. The number of carbonyl (C=O) groups excluding carboxylic acids is 1. The Morgan fingerprint density at radius 1 is 1.00 bits per heavy atom. The van der Waals surface area contributed by atoms with Crippen LogP contribution in [0.1, 0.15) is 22.3 Å². The lowest BCUT2D eigenvalue weighted by Crippen LogP contribution is -2.17. The Hall–Kier alpha value is -3.79. The Kier molecular flexibility index (Phi) is 5.87. The standard InChI is InChI=1S/C28H24FNO2/c1-4-22(31)16-21-9-7-8-20(15-19-13-12-18(2)14-26(19)29)27(21)25-17-30(3)28(32)24-11-6-5-10-23(24)25/h4-14,17H,1,15-16H2,2-3H3. The van der Waals surface area contributed by atoms with Crippen LogP contribution < -0.4 is 5.56 Å². The first-order chi connectivity index (χ1) is 15.4. The van der Waals surface area contributed by atoms with Crippen LogP contribution in [0.5, 0.6) is 0 Å². The zero-order chi connectivity index (χ0) is 22.8.